The molecule has 2 aromatic carbocycles. The SMILES string of the molecule is Cc1cccc(N2NCC3C(=O)NC(n4nc(C)cc4NC(=O)COc4ccc(C(C)C)cc4)NC32)c1. The Morgan fingerprint density at radius 1 is 1.16 bits per heavy atom. The highest BCUT2D eigenvalue weighted by atomic mass is 16.5. The van der Waals surface area contributed by atoms with Crippen LogP contribution in [0.25, 0.3) is 0 Å². The molecule has 5 rings (SSSR count). The minimum atomic E-state index is -0.644. The monoisotopic (exact) mass is 503 g/mol. The fraction of sp³-hybridized carbons (Fsp3) is 0.370. The molecule has 194 valence electrons. The average Bonchev–Trinajstić information content (AvgIpc) is 3.46. The van der Waals surface area contributed by atoms with Crippen LogP contribution in [-0.4, -0.2) is 40.9 Å². The van der Waals surface area contributed by atoms with Crippen LogP contribution >= 0.6 is 0 Å². The van der Waals surface area contributed by atoms with Crippen molar-refractivity contribution in [1.82, 2.24) is 25.8 Å². The summed E-state index contributed by atoms with van der Waals surface area (Å²) in [6.45, 7) is 8.49. The summed E-state index contributed by atoms with van der Waals surface area (Å²) in [6, 6.07) is 17.6. The van der Waals surface area contributed by atoms with Crippen molar-refractivity contribution >= 4 is 23.3 Å². The van der Waals surface area contributed by atoms with Crippen LogP contribution in [0.4, 0.5) is 11.5 Å². The van der Waals surface area contributed by atoms with Gasteiger partial charge in [0.2, 0.25) is 5.91 Å². The topological polar surface area (TPSA) is 113 Å². The zero-order valence-electron chi connectivity index (χ0n) is 21.5. The summed E-state index contributed by atoms with van der Waals surface area (Å²) >= 11 is 0. The number of carbonyl (C=O) groups excluding carboxylic acids is 2. The fourth-order valence-corrected chi connectivity index (χ4v) is 4.70. The lowest BCUT2D eigenvalue weighted by Crippen LogP contribution is -2.61. The minimum absolute atomic E-state index is 0.0880. The van der Waals surface area contributed by atoms with Crippen molar-refractivity contribution < 1.29 is 14.3 Å². The van der Waals surface area contributed by atoms with Gasteiger partial charge in [0.05, 0.1) is 17.3 Å². The maximum atomic E-state index is 13.0. The van der Waals surface area contributed by atoms with Crippen LogP contribution in [-0.2, 0) is 9.59 Å². The predicted molar refractivity (Wildman–Crippen MR) is 141 cm³/mol. The van der Waals surface area contributed by atoms with E-state index in [0.717, 1.165) is 11.3 Å². The van der Waals surface area contributed by atoms with E-state index in [1.807, 2.05) is 61.3 Å². The summed E-state index contributed by atoms with van der Waals surface area (Å²) in [5.41, 5.74) is 7.35. The molecule has 2 fully saturated rings. The van der Waals surface area contributed by atoms with Crippen molar-refractivity contribution in [2.45, 2.75) is 46.1 Å². The third-order valence-electron chi connectivity index (χ3n) is 6.65. The van der Waals surface area contributed by atoms with E-state index in [9.17, 15) is 9.59 Å². The van der Waals surface area contributed by atoms with E-state index in [1.165, 1.54) is 5.56 Å². The zero-order chi connectivity index (χ0) is 26.1. The van der Waals surface area contributed by atoms with Crippen LogP contribution in [0.2, 0.25) is 0 Å². The standard InChI is InChI=1S/C27H33N7O3/c1-16(2)19-8-10-21(11-9-19)37-15-24(35)29-23-13-18(4)32-34(23)27-30-25-22(26(36)31-27)14-28-33(25)20-7-5-6-17(3)12-20/h5-13,16,22,25,27-28,30H,14-15H2,1-4H3,(H,29,35)(H,31,36). The lowest BCUT2D eigenvalue weighted by molar-refractivity contribution is -0.129. The number of aromatic nitrogens is 2. The Morgan fingerprint density at radius 2 is 1.95 bits per heavy atom. The second-order valence-electron chi connectivity index (χ2n) is 9.88. The molecule has 0 bridgehead atoms. The molecule has 3 unspecified atom stereocenters. The Morgan fingerprint density at radius 3 is 2.68 bits per heavy atom. The summed E-state index contributed by atoms with van der Waals surface area (Å²) < 4.78 is 7.26. The number of nitrogens with zero attached hydrogens (tertiary/aromatic N) is 3. The number of benzene rings is 2. The van der Waals surface area contributed by atoms with E-state index < -0.39 is 6.29 Å². The van der Waals surface area contributed by atoms with Crippen molar-refractivity contribution in [3.8, 4) is 5.75 Å². The van der Waals surface area contributed by atoms with E-state index in [0.29, 0.717) is 29.7 Å². The molecular formula is C27H33N7O3. The van der Waals surface area contributed by atoms with Gasteiger partial charge in [0.1, 0.15) is 17.7 Å². The molecule has 0 saturated carbocycles. The van der Waals surface area contributed by atoms with Crippen molar-refractivity contribution in [1.29, 1.82) is 0 Å². The van der Waals surface area contributed by atoms with Crippen LogP contribution in [0, 0.1) is 19.8 Å². The van der Waals surface area contributed by atoms with Gasteiger partial charge >= 0.3 is 0 Å². The smallest absolute Gasteiger partial charge is 0.263 e. The quantitative estimate of drug-likeness (QED) is 0.392. The molecule has 2 amide bonds. The number of nitrogens with one attached hydrogen (secondary N) is 4. The van der Waals surface area contributed by atoms with Gasteiger partial charge in [-0.25, -0.2) is 10.1 Å². The molecule has 10 nitrogen and oxygen atoms in total. The van der Waals surface area contributed by atoms with Crippen LogP contribution in [0.5, 0.6) is 5.75 Å². The summed E-state index contributed by atoms with van der Waals surface area (Å²) in [5, 5.41) is 15.9. The summed E-state index contributed by atoms with van der Waals surface area (Å²) in [4.78, 5) is 25.7. The van der Waals surface area contributed by atoms with Gasteiger partial charge in [-0.05, 0) is 55.2 Å². The normalized spacial score (nSPS) is 21.1. The molecule has 3 heterocycles. The highest BCUT2D eigenvalue weighted by molar-refractivity contribution is 5.91. The largest absolute Gasteiger partial charge is 0.484 e. The van der Waals surface area contributed by atoms with Gasteiger partial charge in [0.25, 0.3) is 5.91 Å². The molecule has 2 aliphatic rings. The molecule has 0 spiro atoms. The Labute approximate surface area is 216 Å². The summed E-state index contributed by atoms with van der Waals surface area (Å²) in [7, 11) is 0. The molecule has 37 heavy (non-hydrogen) atoms. The highest BCUT2D eigenvalue weighted by Gasteiger charge is 2.45. The van der Waals surface area contributed by atoms with Gasteiger partial charge in [-0.1, -0.05) is 38.1 Å². The molecule has 3 aromatic rings. The molecule has 0 radical (unpaired) electrons. The van der Waals surface area contributed by atoms with Crippen LogP contribution in [0.3, 0.4) is 0 Å². The molecule has 1 aromatic heterocycles. The van der Waals surface area contributed by atoms with Crippen LogP contribution in [0.1, 0.15) is 42.9 Å². The van der Waals surface area contributed by atoms with Gasteiger partial charge in [0, 0.05) is 12.6 Å². The molecule has 2 saturated heterocycles. The van der Waals surface area contributed by atoms with Crippen molar-refractivity contribution in [2.75, 3.05) is 23.5 Å². The Hall–Kier alpha value is -3.89. The van der Waals surface area contributed by atoms with E-state index in [1.54, 1.807) is 10.7 Å². The van der Waals surface area contributed by atoms with E-state index in [2.05, 4.69) is 46.4 Å². The first kappa shape index (κ1) is 24.8. The van der Waals surface area contributed by atoms with Crippen LogP contribution < -0.4 is 31.1 Å². The van der Waals surface area contributed by atoms with E-state index in [4.69, 9.17) is 4.74 Å². The predicted octanol–water partition coefficient (Wildman–Crippen LogP) is 2.78. The maximum Gasteiger partial charge on any atom is 0.263 e. The number of hydrazine groups is 1. The number of anilines is 2. The van der Waals surface area contributed by atoms with Gasteiger partial charge in [-0.2, -0.15) is 5.10 Å². The first-order valence-electron chi connectivity index (χ1n) is 12.5. The second kappa shape index (κ2) is 10.2. The Kier molecular flexibility index (Phi) is 6.86. The van der Waals surface area contributed by atoms with Crippen molar-refractivity contribution in [3.05, 3.63) is 71.4 Å². The zero-order valence-corrected chi connectivity index (χ0v) is 21.5. The molecule has 4 N–H and O–H groups in total. The van der Waals surface area contributed by atoms with Gasteiger partial charge in [0.15, 0.2) is 12.9 Å². The molecule has 0 aliphatic carbocycles. The number of fused-ring (bicyclic) bond motifs is 1. The second-order valence-corrected chi connectivity index (χ2v) is 9.88. The molecular weight excluding hydrogens is 470 g/mol. The number of hydrogen-bond donors (Lipinski definition) is 4. The molecule has 10 heteroatoms. The average molecular weight is 504 g/mol. The number of ether oxygens (including phenoxy) is 1. The van der Waals surface area contributed by atoms with E-state index >= 15 is 0 Å². The minimum Gasteiger partial charge on any atom is -0.484 e. The van der Waals surface area contributed by atoms with Gasteiger partial charge in [-0.3, -0.25) is 19.9 Å². The lowest BCUT2D eigenvalue weighted by atomic mass is 10.0. The fourth-order valence-electron chi connectivity index (χ4n) is 4.70. The Balaban J connectivity index is 1.28. The third-order valence-corrected chi connectivity index (χ3v) is 6.65. The third kappa shape index (κ3) is 5.30. The number of amides is 2. The van der Waals surface area contributed by atoms with E-state index in [-0.39, 0.29) is 30.5 Å². The van der Waals surface area contributed by atoms with Gasteiger partial charge < -0.3 is 15.4 Å². The molecule has 3 atom stereocenters. The number of aryl methyl sites for hydroxylation is 2. The Bertz CT molecular complexity index is 1290. The maximum absolute atomic E-state index is 13.0. The van der Waals surface area contributed by atoms with Crippen molar-refractivity contribution in [3.63, 3.8) is 0 Å². The summed E-state index contributed by atoms with van der Waals surface area (Å²) in [6.07, 6.45) is -0.930. The van der Waals surface area contributed by atoms with Gasteiger partial charge in [-0.15, -0.1) is 0 Å². The number of carbonyl (C=O) groups is 2. The summed E-state index contributed by atoms with van der Waals surface area (Å²) in [5.74, 6) is 0.830. The molecule has 2 aliphatic heterocycles. The number of rotatable bonds is 7. The highest BCUT2D eigenvalue weighted by Crippen LogP contribution is 2.28. The van der Waals surface area contributed by atoms with Crippen LogP contribution in [0.15, 0.2) is 54.6 Å². The first-order chi connectivity index (χ1) is 17.8. The lowest BCUT2D eigenvalue weighted by Gasteiger charge is -2.37. The number of hydrogen-bond acceptors (Lipinski definition) is 7. The van der Waals surface area contributed by atoms with Crippen molar-refractivity contribution in [2.24, 2.45) is 5.92 Å². The first-order valence-corrected chi connectivity index (χ1v) is 12.5.